The normalized spacial score (nSPS) is 19.8. The average molecular weight is 415 g/mol. The number of rotatable bonds is 5. The minimum atomic E-state index is -0.504. The first-order valence-electron chi connectivity index (χ1n) is 10.2. The van der Waals surface area contributed by atoms with Gasteiger partial charge in [-0.15, -0.1) is 0 Å². The first-order chi connectivity index (χ1) is 13.7. The summed E-state index contributed by atoms with van der Waals surface area (Å²) in [5.74, 6) is 0.706. The molecule has 0 spiro atoms. The van der Waals surface area contributed by atoms with E-state index in [1.54, 1.807) is 0 Å². The zero-order chi connectivity index (χ0) is 21.0. The smallest absolute Gasteiger partial charge is 0.242 e. The van der Waals surface area contributed by atoms with Crippen LogP contribution in [0.25, 0.3) is 0 Å². The Morgan fingerprint density at radius 3 is 2.41 bits per heavy atom. The number of hydrogen-bond acceptors (Lipinski definition) is 4. The van der Waals surface area contributed by atoms with Gasteiger partial charge in [0.2, 0.25) is 11.8 Å². The molecular weight excluding hydrogens is 384 g/mol. The Labute approximate surface area is 177 Å². The Bertz CT molecular complexity index is 790. The quantitative estimate of drug-likeness (QED) is 0.692. The van der Waals surface area contributed by atoms with Gasteiger partial charge in [0.1, 0.15) is 6.54 Å². The van der Waals surface area contributed by atoms with Crippen molar-refractivity contribution in [2.24, 2.45) is 11.3 Å². The van der Waals surface area contributed by atoms with Crippen molar-refractivity contribution in [2.45, 2.75) is 40.0 Å². The number of hydrogen-bond donors (Lipinski definition) is 0. The fourth-order valence-electron chi connectivity index (χ4n) is 3.60. The van der Waals surface area contributed by atoms with Crippen LogP contribution in [0.5, 0.6) is 0 Å². The summed E-state index contributed by atoms with van der Waals surface area (Å²) in [7, 11) is 0. The van der Waals surface area contributed by atoms with Crippen LogP contribution in [-0.4, -0.2) is 52.8 Å². The number of benzene rings is 1. The second-order valence-electron chi connectivity index (χ2n) is 8.88. The molecule has 2 fully saturated rings. The monoisotopic (exact) mass is 414 g/mol. The topological polar surface area (TPSA) is 57.7 Å². The predicted octanol–water partition coefficient (Wildman–Crippen LogP) is 3.50. The Morgan fingerprint density at radius 2 is 1.79 bits per heavy atom. The first kappa shape index (κ1) is 21.6. The van der Waals surface area contributed by atoms with Gasteiger partial charge in [0.25, 0.3) is 0 Å². The summed E-state index contributed by atoms with van der Waals surface area (Å²) in [5, 5.41) is 0.599. The maximum atomic E-state index is 12.8. The maximum absolute atomic E-state index is 12.8. The predicted molar refractivity (Wildman–Crippen MR) is 116 cm³/mol. The van der Waals surface area contributed by atoms with Crippen LogP contribution in [0.2, 0.25) is 0 Å². The van der Waals surface area contributed by atoms with Crippen molar-refractivity contribution in [1.82, 2.24) is 9.80 Å². The summed E-state index contributed by atoms with van der Waals surface area (Å²) >= 11 is 1.34. The molecular formula is C23H30N2O3S. The van der Waals surface area contributed by atoms with Gasteiger partial charge in [-0.25, -0.2) is 0 Å². The molecule has 2 aliphatic rings. The highest BCUT2D eigenvalue weighted by Gasteiger charge is 2.32. The lowest BCUT2D eigenvalue weighted by Crippen LogP contribution is -2.44. The van der Waals surface area contributed by atoms with E-state index < -0.39 is 5.41 Å². The standard InChI is InChI=1S/C23H30N2O3S/c1-23(2,3)19(26)14-22-25(21(28)16-29-22)15-20(27)24-11-9-18(10-12-24)13-17-7-5-4-6-8-17/h4-8,14,18H,9-13,15-16H2,1-3H3/b22-14-. The molecule has 3 rings (SSSR count). The van der Waals surface area contributed by atoms with E-state index in [-0.39, 0.29) is 29.9 Å². The third-order valence-corrected chi connectivity index (χ3v) is 6.56. The van der Waals surface area contributed by atoms with E-state index in [0.29, 0.717) is 10.9 Å². The van der Waals surface area contributed by atoms with Gasteiger partial charge in [-0.2, -0.15) is 0 Å². The molecule has 2 aliphatic heterocycles. The highest BCUT2D eigenvalue weighted by molar-refractivity contribution is 8.04. The number of allylic oxidation sites excluding steroid dienone is 1. The maximum Gasteiger partial charge on any atom is 0.242 e. The van der Waals surface area contributed by atoms with Crippen molar-refractivity contribution >= 4 is 29.4 Å². The lowest BCUT2D eigenvalue weighted by atomic mass is 9.90. The molecule has 2 saturated heterocycles. The van der Waals surface area contributed by atoms with Crippen molar-refractivity contribution < 1.29 is 14.4 Å². The van der Waals surface area contributed by atoms with E-state index >= 15 is 0 Å². The van der Waals surface area contributed by atoms with Gasteiger partial charge in [-0.3, -0.25) is 19.3 Å². The molecule has 0 aliphatic carbocycles. The number of likely N-dealkylation sites (tertiary alicyclic amines) is 1. The van der Waals surface area contributed by atoms with E-state index in [4.69, 9.17) is 0 Å². The molecule has 0 atom stereocenters. The number of piperidine rings is 1. The Hall–Kier alpha value is -2.08. The molecule has 0 N–H and O–H groups in total. The summed E-state index contributed by atoms with van der Waals surface area (Å²) in [6.45, 7) is 7.03. The number of carbonyl (C=O) groups excluding carboxylic acids is 3. The van der Waals surface area contributed by atoms with Gasteiger partial charge in [0.05, 0.1) is 10.8 Å². The number of thioether (sulfide) groups is 1. The van der Waals surface area contributed by atoms with Crippen LogP contribution in [0.1, 0.15) is 39.2 Å². The Morgan fingerprint density at radius 1 is 1.14 bits per heavy atom. The van der Waals surface area contributed by atoms with E-state index in [2.05, 4.69) is 24.3 Å². The molecule has 1 aromatic rings. The molecule has 0 saturated carbocycles. The molecule has 0 aromatic heterocycles. The van der Waals surface area contributed by atoms with Gasteiger partial charge in [-0.05, 0) is 30.7 Å². The lowest BCUT2D eigenvalue weighted by molar-refractivity contribution is -0.138. The number of amides is 2. The summed E-state index contributed by atoms with van der Waals surface area (Å²) in [5.41, 5.74) is 0.838. The van der Waals surface area contributed by atoms with Crippen LogP contribution in [0, 0.1) is 11.3 Å². The molecule has 1 aromatic carbocycles. The van der Waals surface area contributed by atoms with Crippen molar-refractivity contribution in [2.75, 3.05) is 25.4 Å². The molecule has 29 heavy (non-hydrogen) atoms. The molecule has 0 bridgehead atoms. The second-order valence-corrected chi connectivity index (χ2v) is 9.87. The van der Waals surface area contributed by atoms with Crippen LogP contribution >= 0.6 is 11.8 Å². The van der Waals surface area contributed by atoms with Crippen LogP contribution < -0.4 is 0 Å². The van der Waals surface area contributed by atoms with Gasteiger partial charge < -0.3 is 4.90 Å². The zero-order valence-corrected chi connectivity index (χ0v) is 18.3. The van der Waals surface area contributed by atoms with E-state index in [1.165, 1.54) is 28.3 Å². The number of ketones is 1. The van der Waals surface area contributed by atoms with Crippen molar-refractivity contribution in [3.05, 3.63) is 47.0 Å². The molecule has 2 amide bonds. The van der Waals surface area contributed by atoms with Crippen LogP contribution in [-0.2, 0) is 20.8 Å². The largest absolute Gasteiger partial charge is 0.341 e. The average Bonchev–Trinajstić information content (AvgIpc) is 3.02. The fourth-order valence-corrected chi connectivity index (χ4v) is 4.54. The Balaban J connectivity index is 1.55. The zero-order valence-electron chi connectivity index (χ0n) is 17.5. The van der Waals surface area contributed by atoms with Gasteiger partial charge in [0.15, 0.2) is 5.78 Å². The number of carbonyl (C=O) groups is 3. The van der Waals surface area contributed by atoms with Crippen molar-refractivity contribution in [3.63, 3.8) is 0 Å². The molecule has 0 unspecified atom stereocenters. The molecule has 6 heteroatoms. The van der Waals surface area contributed by atoms with Crippen LogP contribution in [0.3, 0.4) is 0 Å². The highest BCUT2D eigenvalue weighted by atomic mass is 32.2. The van der Waals surface area contributed by atoms with E-state index in [9.17, 15) is 14.4 Å². The van der Waals surface area contributed by atoms with E-state index in [1.807, 2.05) is 31.7 Å². The molecule has 0 radical (unpaired) electrons. The highest BCUT2D eigenvalue weighted by Crippen LogP contribution is 2.31. The minimum absolute atomic E-state index is 0.0262. The Kier molecular flexibility index (Phi) is 6.83. The first-order valence-corrected chi connectivity index (χ1v) is 11.2. The summed E-state index contributed by atoms with van der Waals surface area (Å²) in [6, 6.07) is 10.5. The van der Waals surface area contributed by atoms with Crippen LogP contribution in [0.15, 0.2) is 41.4 Å². The number of nitrogens with zero attached hydrogens (tertiary/aromatic N) is 2. The summed E-state index contributed by atoms with van der Waals surface area (Å²) in [6.07, 6.45) is 4.53. The summed E-state index contributed by atoms with van der Waals surface area (Å²) < 4.78 is 0. The van der Waals surface area contributed by atoms with Crippen molar-refractivity contribution in [3.8, 4) is 0 Å². The van der Waals surface area contributed by atoms with Gasteiger partial charge >= 0.3 is 0 Å². The lowest BCUT2D eigenvalue weighted by Gasteiger charge is -2.33. The summed E-state index contributed by atoms with van der Waals surface area (Å²) in [4.78, 5) is 40.7. The molecule has 5 nitrogen and oxygen atoms in total. The minimum Gasteiger partial charge on any atom is -0.341 e. The van der Waals surface area contributed by atoms with E-state index in [0.717, 1.165) is 32.4 Å². The SMILES string of the molecule is CC(C)(C)C(=O)/C=C1\SCC(=O)N1CC(=O)N1CCC(Cc2ccccc2)CC1. The van der Waals surface area contributed by atoms with Gasteiger partial charge in [-0.1, -0.05) is 62.9 Å². The molecule has 2 heterocycles. The fraction of sp³-hybridized carbons (Fsp3) is 0.522. The van der Waals surface area contributed by atoms with Crippen LogP contribution in [0.4, 0.5) is 0 Å². The third-order valence-electron chi connectivity index (χ3n) is 5.53. The second kappa shape index (κ2) is 9.16. The van der Waals surface area contributed by atoms with Crippen molar-refractivity contribution in [1.29, 1.82) is 0 Å². The van der Waals surface area contributed by atoms with Gasteiger partial charge in [0, 0.05) is 24.6 Å². The molecule has 156 valence electrons. The third kappa shape index (κ3) is 5.72.